The number of hydrogen-bond acceptors (Lipinski definition) is 1. The van der Waals surface area contributed by atoms with Gasteiger partial charge in [-0.3, -0.25) is 0 Å². The Hall–Kier alpha value is -2.80. The summed E-state index contributed by atoms with van der Waals surface area (Å²) in [5.74, 6) is 1.47. The van der Waals surface area contributed by atoms with E-state index in [0.717, 1.165) is 12.0 Å². The second-order valence-electron chi connectivity index (χ2n) is 12.8. The van der Waals surface area contributed by atoms with Crippen molar-refractivity contribution < 1.29 is 4.74 Å². The Balaban J connectivity index is 1.99. The van der Waals surface area contributed by atoms with Crippen LogP contribution in [0, 0.1) is 29.1 Å². The van der Waals surface area contributed by atoms with Crippen LogP contribution in [0.2, 0.25) is 0 Å². The van der Waals surface area contributed by atoms with Crippen LogP contribution in [-0.4, -0.2) is 6.61 Å². The predicted octanol–water partition coefficient (Wildman–Crippen LogP) is 10.5. The average molecular weight is 509 g/mol. The van der Waals surface area contributed by atoms with Crippen molar-refractivity contribution in [3.8, 4) is 0 Å². The van der Waals surface area contributed by atoms with E-state index in [1.807, 2.05) is 13.0 Å². The normalized spacial score (nSPS) is 32.8. The third kappa shape index (κ3) is 3.43. The van der Waals surface area contributed by atoms with Crippen LogP contribution in [0.3, 0.4) is 0 Å². The van der Waals surface area contributed by atoms with Gasteiger partial charge in [0, 0.05) is 10.8 Å². The number of fused-ring (bicyclic) bond motifs is 3. The van der Waals surface area contributed by atoms with Gasteiger partial charge in [-0.1, -0.05) is 95.9 Å². The van der Waals surface area contributed by atoms with Gasteiger partial charge in [-0.2, -0.15) is 0 Å². The fourth-order valence-corrected chi connectivity index (χ4v) is 8.76. The quantitative estimate of drug-likeness (QED) is 0.284. The molecule has 0 radical (unpaired) electrons. The Bertz CT molecular complexity index is 1370. The van der Waals surface area contributed by atoms with Gasteiger partial charge >= 0.3 is 0 Å². The molecule has 0 heterocycles. The Morgan fingerprint density at radius 3 is 2.29 bits per heavy atom. The first kappa shape index (κ1) is 28.2. The van der Waals surface area contributed by atoms with Crippen LogP contribution in [-0.2, 0) is 4.74 Å². The van der Waals surface area contributed by atoms with E-state index in [0.29, 0.717) is 24.2 Å². The van der Waals surface area contributed by atoms with Crippen molar-refractivity contribution in [1.82, 2.24) is 0 Å². The van der Waals surface area contributed by atoms with Crippen molar-refractivity contribution in [2.75, 3.05) is 6.61 Å². The van der Waals surface area contributed by atoms with Crippen LogP contribution in [0.4, 0.5) is 0 Å². The zero-order valence-electron chi connectivity index (χ0n) is 25.6. The average Bonchev–Trinajstić information content (AvgIpc) is 2.83. The highest BCUT2D eigenvalue weighted by atomic mass is 16.5. The molecule has 202 valence electrons. The van der Waals surface area contributed by atoms with E-state index in [-0.39, 0.29) is 16.2 Å². The first-order valence-corrected chi connectivity index (χ1v) is 14.2. The summed E-state index contributed by atoms with van der Waals surface area (Å²) in [4.78, 5) is 0. The topological polar surface area (TPSA) is 9.23 Å². The molecule has 3 aliphatic carbocycles. The third-order valence-electron chi connectivity index (χ3n) is 11.3. The molecule has 0 unspecified atom stereocenters. The molecule has 3 aliphatic rings. The van der Waals surface area contributed by atoms with Crippen LogP contribution >= 0.6 is 0 Å². The smallest absolute Gasteiger partial charge is 0.112 e. The van der Waals surface area contributed by atoms with Gasteiger partial charge in [0.2, 0.25) is 0 Å². The van der Waals surface area contributed by atoms with E-state index < -0.39 is 0 Å². The minimum atomic E-state index is -0.171. The van der Waals surface area contributed by atoms with Gasteiger partial charge in [-0.15, -0.1) is 0 Å². The third-order valence-corrected chi connectivity index (χ3v) is 11.3. The van der Waals surface area contributed by atoms with E-state index in [9.17, 15) is 0 Å². The van der Waals surface area contributed by atoms with Gasteiger partial charge in [0.15, 0.2) is 0 Å². The molecule has 0 bridgehead atoms. The molecule has 38 heavy (non-hydrogen) atoms. The number of benzene rings is 1. The number of hydrogen-bond donors (Lipinski definition) is 0. The molecule has 0 aliphatic heterocycles. The van der Waals surface area contributed by atoms with Crippen LogP contribution in [0.25, 0.3) is 11.6 Å². The maximum absolute atomic E-state index is 5.55. The Kier molecular flexibility index (Phi) is 6.79. The van der Waals surface area contributed by atoms with Crippen molar-refractivity contribution >= 4 is 11.6 Å². The fourth-order valence-electron chi connectivity index (χ4n) is 8.76. The molecule has 1 nitrogen and oxygen atoms in total. The van der Waals surface area contributed by atoms with Crippen molar-refractivity contribution in [3.05, 3.63) is 106 Å². The summed E-state index contributed by atoms with van der Waals surface area (Å²) in [7, 11) is 0. The first-order valence-electron chi connectivity index (χ1n) is 14.2. The molecule has 1 aromatic carbocycles. The molecule has 5 atom stereocenters. The maximum Gasteiger partial charge on any atom is 0.112 e. The van der Waals surface area contributed by atoms with Crippen molar-refractivity contribution in [3.63, 3.8) is 0 Å². The molecule has 0 saturated carbocycles. The van der Waals surface area contributed by atoms with Crippen molar-refractivity contribution in [1.29, 1.82) is 0 Å². The van der Waals surface area contributed by atoms with E-state index in [1.165, 1.54) is 55.7 Å². The standard InChI is InChI=1S/C37H48O/c1-15-38-23(5)16-17-30-18-19-31-26(8)36(13)29(11)35(12)20-22(4)32(21(2)3)27(9)37(35,14)28(10)34(36)25(7)33(31)24(30)6/h16-19,26,29H,2,5,7,9,15,20H2,1,3-4,6,8,10-14H3/b17-16+/t26-,29+,35+,36-,37-/m1/s1. The first-order chi connectivity index (χ1) is 17.6. The molecule has 0 N–H and O–H groups in total. The Labute approximate surface area is 232 Å². The second kappa shape index (κ2) is 9.15. The van der Waals surface area contributed by atoms with Gasteiger partial charge in [-0.05, 0) is 109 Å². The van der Waals surface area contributed by atoms with E-state index in [2.05, 4.69) is 93.7 Å². The zero-order chi connectivity index (χ0) is 28.5. The van der Waals surface area contributed by atoms with Gasteiger partial charge in [0.05, 0.1) is 6.61 Å². The lowest BCUT2D eigenvalue weighted by molar-refractivity contribution is -0.0260. The van der Waals surface area contributed by atoms with Crippen LogP contribution in [0.5, 0.6) is 0 Å². The summed E-state index contributed by atoms with van der Waals surface area (Å²) in [6.07, 6.45) is 5.15. The van der Waals surface area contributed by atoms with E-state index in [4.69, 9.17) is 17.9 Å². The van der Waals surface area contributed by atoms with Crippen molar-refractivity contribution in [2.45, 2.75) is 81.6 Å². The van der Waals surface area contributed by atoms with Crippen LogP contribution in [0.1, 0.15) is 96.9 Å². The lowest BCUT2D eigenvalue weighted by Gasteiger charge is -2.67. The maximum atomic E-state index is 5.55. The van der Waals surface area contributed by atoms with Gasteiger partial charge in [0.1, 0.15) is 5.76 Å². The minimum absolute atomic E-state index is 0.0310. The van der Waals surface area contributed by atoms with Crippen LogP contribution < -0.4 is 0 Å². The molecule has 1 heteroatoms. The van der Waals surface area contributed by atoms with Crippen molar-refractivity contribution in [2.24, 2.45) is 22.2 Å². The highest BCUT2D eigenvalue weighted by molar-refractivity contribution is 5.88. The molecular weight excluding hydrogens is 460 g/mol. The summed E-state index contributed by atoms with van der Waals surface area (Å²) in [5.41, 5.74) is 14.1. The lowest BCUT2D eigenvalue weighted by Crippen LogP contribution is -2.58. The second-order valence-corrected chi connectivity index (χ2v) is 12.8. The summed E-state index contributed by atoms with van der Waals surface area (Å²) in [5, 5.41) is 0. The van der Waals surface area contributed by atoms with Gasteiger partial charge < -0.3 is 4.74 Å². The fraction of sp³-hybridized carbons (Fsp3) is 0.459. The molecule has 0 saturated heterocycles. The summed E-state index contributed by atoms with van der Waals surface area (Å²) >= 11 is 0. The largest absolute Gasteiger partial charge is 0.495 e. The number of allylic oxidation sites excluding steroid dienone is 8. The molecule has 0 fully saturated rings. The number of ether oxygens (including phenoxy) is 1. The summed E-state index contributed by atoms with van der Waals surface area (Å²) < 4.78 is 5.55. The monoisotopic (exact) mass is 508 g/mol. The molecular formula is C37H48O. The molecule has 1 aromatic rings. The summed E-state index contributed by atoms with van der Waals surface area (Å²) in [6, 6.07) is 4.60. The van der Waals surface area contributed by atoms with E-state index >= 15 is 0 Å². The Morgan fingerprint density at radius 2 is 1.71 bits per heavy atom. The van der Waals surface area contributed by atoms with Crippen LogP contribution in [0.15, 0.2) is 83.7 Å². The SMILES string of the molecule is C=C(/C=C/c1ccc2c(c1C)C(=C)C1=C(C)[C@@]3(C)C(=C)C(C(=C)C)=C(C)C[C@@]3(C)[C@H](C)[C@@]1(C)[C@@H]2C)OCC. The lowest BCUT2D eigenvalue weighted by atomic mass is 9.37. The van der Waals surface area contributed by atoms with E-state index in [1.54, 1.807) is 0 Å². The highest BCUT2D eigenvalue weighted by Crippen LogP contribution is 2.74. The molecule has 0 aromatic heterocycles. The molecule has 4 rings (SSSR count). The Morgan fingerprint density at radius 1 is 1.08 bits per heavy atom. The van der Waals surface area contributed by atoms with Gasteiger partial charge in [0.25, 0.3) is 0 Å². The molecule has 0 amide bonds. The summed E-state index contributed by atoms with van der Waals surface area (Å²) in [6.45, 7) is 42.0. The zero-order valence-corrected chi connectivity index (χ0v) is 25.6. The molecule has 0 spiro atoms. The predicted molar refractivity (Wildman–Crippen MR) is 166 cm³/mol. The van der Waals surface area contributed by atoms with Gasteiger partial charge in [-0.25, -0.2) is 0 Å². The minimum Gasteiger partial charge on any atom is -0.495 e. The highest BCUT2D eigenvalue weighted by Gasteiger charge is 2.64. The number of rotatable bonds is 5.